The fourth-order valence-corrected chi connectivity index (χ4v) is 1.70. The molecule has 0 aliphatic rings. The number of hydrogen-bond donors (Lipinski definition) is 1. The molecule has 1 aromatic heterocycles. The van der Waals surface area contributed by atoms with E-state index >= 15 is 0 Å². The van der Waals surface area contributed by atoms with E-state index in [1.54, 1.807) is 6.33 Å². The fourth-order valence-electron chi connectivity index (χ4n) is 1.70. The first-order chi connectivity index (χ1) is 7.77. The van der Waals surface area contributed by atoms with Crippen LogP contribution in [0.1, 0.15) is 52.3 Å². The Morgan fingerprint density at radius 3 is 2.88 bits per heavy atom. The smallest absolute Gasteiger partial charge is 0.140 e. The van der Waals surface area contributed by atoms with Crippen molar-refractivity contribution in [3.8, 4) is 0 Å². The maximum Gasteiger partial charge on any atom is 0.140 e. The minimum absolute atomic E-state index is 0.562. The lowest BCUT2D eigenvalue weighted by atomic mass is 10.1. The van der Waals surface area contributed by atoms with Crippen LogP contribution in [-0.4, -0.2) is 20.8 Å². The monoisotopic (exact) mass is 224 g/mol. The Labute approximate surface area is 98.5 Å². The molecule has 92 valence electrons. The van der Waals surface area contributed by atoms with Crippen molar-refractivity contribution in [1.29, 1.82) is 0 Å². The summed E-state index contributed by atoms with van der Waals surface area (Å²) in [6, 6.07) is 0.562. The number of nitrogens with one attached hydrogen (secondary N) is 1. The number of aryl methyl sites for hydroxylation is 1. The summed E-state index contributed by atoms with van der Waals surface area (Å²) in [7, 11) is 0. The lowest BCUT2D eigenvalue weighted by Crippen LogP contribution is -2.27. The molecule has 1 heterocycles. The van der Waals surface area contributed by atoms with Crippen molar-refractivity contribution in [2.45, 2.75) is 65.6 Å². The molecular weight excluding hydrogens is 200 g/mol. The molecule has 0 fully saturated rings. The number of aromatic nitrogens is 3. The van der Waals surface area contributed by atoms with Crippen molar-refractivity contribution < 1.29 is 0 Å². The molecule has 0 aliphatic carbocycles. The van der Waals surface area contributed by atoms with E-state index < -0.39 is 0 Å². The average Bonchev–Trinajstić information content (AvgIpc) is 2.72. The topological polar surface area (TPSA) is 42.7 Å². The number of unbranched alkanes of at least 4 members (excludes halogenated alkanes) is 1. The summed E-state index contributed by atoms with van der Waals surface area (Å²) in [6.07, 6.45) is 6.53. The minimum Gasteiger partial charge on any atom is -0.307 e. The Morgan fingerprint density at radius 1 is 1.38 bits per heavy atom. The van der Waals surface area contributed by atoms with Crippen molar-refractivity contribution >= 4 is 0 Å². The van der Waals surface area contributed by atoms with Gasteiger partial charge in [-0.2, -0.15) is 5.10 Å². The van der Waals surface area contributed by atoms with E-state index in [0.29, 0.717) is 6.04 Å². The third kappa shape index (κ3) is 4.31. The first-order valence-corrected chi connectivity index (χ1v) is 6.38. The summed E-state index contributed by atoms with van der Waals surface area (Å²) >= 11 is 0. The third-order valence-electron chi connectivity index (χ3n) is 2.73. The van der Waals surface area contributed by atoms with Gasteiger partial charge in [0.1, 0.15) is 12.2 Å². The normalized spacial score (nSPS) is 12.9. The van der Waals surface area contributed by atoms with Gasteiger partial charge in [0.25, 0.3) is 0 Å². The van der Waals surface area contributed by atoms with E-state index in [2.05, 4.69) is 36.2 Å². The molecule has 0 spiro atoms. The Balaban J connectivity index is 2.32. The van der Waals surface area contributed by atoms with Crippen LogP contribution in [0.2, 0.25) is 0 Å². The van der Waals surface area contributed by atoms with Gasteiger partial charge >= 0.3 is 0 Å². The molecule has 0 bridgehead atoms. The molecule has 1 aromatic rings. The van der Waals surface area contributed by atoms with E-state index in [1.807, 2.05) is 4.68 Å². The summed E-state index contributed by atoms with van der Waals surface area (Å²) < 4.78 is 1.99. The summed E-state index contributed by atoms with van der Waals surface area (Å²) in [4.78, 5) is 4.28. The van der Waals surface area contributed by atoms with Crippen LogP contribution < -0.4 is 5.32 Å². The summed E-state index contributed by atoms with van der Waals surface area (Å²) in [6.45, 7) is 8.40. The highest BCUT2D eigenvalue weighted by Gasteiger charge is 2.05. The molecule has 0 saturated carbocycles. The molecule has 1 unspecified atom stereocenters. The molecule has 0 aromatic carbocycles. The largest absolute Gasteiger partial charge is 0.307 e. The first-order valence-electron chi connectivity index (χ1n) is 6.38. The maximum absolute atomic E-state index is 4.28. The lowest BCUT2D eigenvalue weighted by molar-refractivity contribution is 0.468. The van der Waals surface area contributed by atoms with Gasteiger partial charge in [-0.05, 0) is 19.8 Å². The number of hydrogen-bond acceptors (Lipinski definition) is 3. The zero-order valence-corrected chi connectivity index (χ0v) is 10.7. The number of rotatable bonds is 8. The van der Waals surface area contributed by atoms with Crippen molar-refractivity contribution in [1.82, 2.24) is 20.1 Å². The molecule has 0 aliphatic heterocycles. The second-order valence-electron chi connectivity index (χ2n) is 4.32. The predicted octanol–water partition coefficient (Wildman–Crippen LogP) is 2.36. The molecule has 1 atom stereocenters. The van der Waals surface area contributed by atoms with Gasteiger partial charge in [0.15, 0.2) is 0 Å². The van der Waals surface area contributed by atoms with Crippen LogP contribution in [0, 0.1) is 0 Å². The highest BCUT2D eigenvalue weighted by molar-refractivity contribution is 4.84. The second-order valence-corrected chi connectivity index (χ2v) is 4.32. The van der Waals surface area contributed by atoms with Crippen LogP contribution in [0.4, 0.5) is 0 Å². The van der Waals surface area contributed by atoms with E-state index in [4.69, 9.17) is 0 Å². The molecule has 4 heteroatoms. The van der Waals surface area contributed by atoms with Gasteiger partial charge in [-0.15, -0.1) is 0 Å². The van der Waals surface area contributed by atoms with Gasteiger partial charge in [-0.25, -0.2) is 9.67 Å². The van der Waals surface area contributed by atoms with E-state index in [1.165, 1.54) is 19.3 Å². The van der Waals surface area contributed by atoms with Crippen molar-refractivity contribution in [3.05, 3.63) is 12.2 Å². The van der Waals surface area contributed by atoms with Gasteiger partial charge < -0.3 is 5.32 Å². The zero-order chi connectivity index (χ0) is 11.8. The van der Waals surface area contributed by atoms with Crippen LogP contribution in [0.3, 0.4) is 0 Å². The predicted molar refractivity (Wildman–Crippen MR) is 66.1 cm³/mol. The van der Waals surface area contributed by atoms with Gasteiger partial charge in [0.05, 0.1) is 6.54 Å². The molecule has 4 nitrogen and oxygen atoms in total. The lowest BCUT2D eigenvalue weighted by Gasteiger charge is -2.13. The van der Waals surface area contributed by atoms with Crippen LogP contribution >= 0.6 is 0 Å². The molecule has 0 radical (unpaired) electrons. The Kier molecular flexibility index (Phi) is 6.08. The van der Waals surface area contributed by atoms with Crippen LogP contribution in [-0.2, 0) is 13.1 Å². The van der Waals surface area contributed by atoms with Gasteiger partial charge in [0.2, 0.25) is 0 Å². The Hall–Kier alpha value is -0.900. The maximum atomic E-state index is 4.28. The molecule has 0 saturated heterocycles. The van der Waals surface area contributed by atoms with E-state index in [9.17, 15) is 0 Å². The van der Waals surface area contributed by atoms with Crippen molar-refractivity contribution in [3.63, 3.8) is 0 Å². The summed E-state index contributed by atoms with van der Waals surface area (Å²) in [5.41, 5.74) is 0. The van der Waals surface area contributed by atoms with Crippen LogP contribution in [0.25, 0.3) is 0 Å². The fraction of sp³-hybridized carbons (Fsp3) is 0.833. The first kappa shape index (κ1) is 13.2. The quantitative estimate of drug-likeness (QED) is 0.737. The van der Waals surface area contributed by atoms with E-state index in [-0.39, 0.29) is 0 Å². The highest BCUT2D eigenvalue weighted by Crippen LogP contribution is 2.01. The molecule has 1 N–H and O–H groups in total. The molecule has 16 heavy (non-hydrogen) atoms. The average molecular weight is 224 g/mol. The summed E-state index contributed by atoms with van der Waals surface area (Å²) in [5.74, 6) is 1.05. The van der Waals surface area contributed by atoms with Crippen LogP contribution in [0.15, 0.2) is 6.33 Å². The zero-order valence-electron chi connectivity index (χ0n) is 10.7. The standard InChI is InChI=1S/C12H24N4/c1-4-6-7-11(3)13-9-12-14-10-15-16(12)8-5-2/h10-11,13H,4-9H2,1-3H3. The minimum atomic E-state index is 0.562. The van der Waals surface area contributed by atoms with Crippen molar-refractivity contribution in [2.24, 2.45) is 0 Å². The third-order valence-corrected chi connectivity index (χ3v) is 2.73. The summed E-state index contributed by atoms with van der Waals surface area (Å²) in [5, 5.41) is 7.71. The van der Waals surface area contributed by atoms with Crippen LogP contribution in [0.5, 0.6) is 0 Å². The SMILES string of the molecule is CCCCC(C)NCc1ncnn1CCC. The number of nitrogens with zero attached hydrogens (tertiary/aromatic N) is 3. The highest BCUT2D eigenvalue weighted by atomic mass is 15.3. The Bertz CT molecular complexity index is 282. The molecular formula is C12H24N4. The van der Waals surface area contributed by atoms with Gasteiger partial charge in [0, 0.05) is 12.6 Å². The Morgan fingerprint density at radius 2 is 2.19 bits per heavy atom. The van der Waals surface area contributed by atoms with Crippen molar-refractivity contribution in [2.75, 3.05) is 0 Å². The molecule has 0 amide bonds. The van der Waals surface area contributed by atoms with Gasteiger partial charge in [-0.1, -0.05) is 26.7 Å². The second kappa shape index (κ2) is 7.39. The van der Waals surface area contributed by atoms with Gasteiger partial charge in [-0.3, -0.25) is 0 Å². The molecule has 1 rings (SSSR count). The van der Waals surface area contributed by atoms with E-state index in [0.717, 1.165) is 25.3 Å².